The molecule has 14 fully saturated rings. The van der Waals surface area contributed by atoms with E-state index in [1.807, 2.05) is 6.07 Å². The fourth-order valence-corrected chi connectivity index (χ4v) is 27.5. The van der Waals surface area contributed by atoms with Crippen LogP contribution in [0.4, 0.5) is 0 Å². The van der Waals surface area contributed by atoms with Gasteiger partial charge in [-0.1, -0.05) is 86.9 Å². The van der Waals surface area contributed by atoms with E-state index in [9.17, 15) is 10.2 Å². The van der Waals surface area contributed by atoms with Crippen molar-refractivity contribution < 1.29 is 53.1 Å². The molecule has 1 aromatic heterocycles. The Morgan fingerprint density at radius 3 is 2.67 bits per heavy atom. The number of cyclic esters (lactones) is 1. The SMILES string of the molecule is CC12CC3CC45CCCC4CC4=CC6CCC7CCCCC7C67OC46C5C(=O)OCC64C7C(=O)C(O)C5(C6CC(Cc7ccccc7)CCC6C#CCC1(c1ccoc1CC(C(O)CO)C1CCC6C(C=CN7CNCC67)C1)OC(=O)C1OC152)C34. The Bertz CT molecular complexity index is 3330. The van der Waals surface area contributed by atoms with Crippen molar-refractivity contribution in [3.8, 4) is 11.8 Å². The number of ether oxygens (including phenoxy) is 4. The van der Waals surface area contributed by atoms with Crippen molar-refractivity contribution in [2.45, 2.75) is 189 Å². The van der Waals surface area contributed by atoms with E-state index < -0.39 is 86.1 Å². The number of hydrogen-bond acceptors (Lipinski definition) is 13. The number of epoxide rings is 1. The minimum atomic E-state index is -1.54. The summed E-state index contributed by atoms with van der Waals surface area (Å²) >= 11 is 0. The summed E-state index contributed by atoms with van der Waals surface area (Å²) < 4.78 is 37.7. The lowest BCUT2D eigenvalue weighted by atomic mass is 9.28. The van der Waals surface area contributed by atoms with Crippen LogP contribution in [0.5, 0.6) is 0 Å². The lowest BCUT2D eigenvalue weighted by Crippen LogP contribution is -2.84. The number of esters is 2. The number of carbonyl (C=O) groups excluding carboxylic acids is 3. The maximum absolute atomic E-state index is 17.8. The summed E-state index contributed by atoms with van der Waals surface area (Å²) in [4.78, 5) is 52.2. The molecular formula is C72H86N2O11. The van der Waals surface area contributed by atoms with Gasteiger partial charge in [-0.05, 0) is 190 Å². The number of Topliss-reactive ketones (excluding diaryl/α,β-unsaturated/α-hetero) is 1. The van der Waals surface area contributed by atoms with Crippen molar-refractivity contribution in [3.63, 3.8) is 0 Å². The molecule has 17 aliphatic rings. The number of ketones is 1. The lowest BCUT2D eigenvalue weighted by molar-refractivity contribution is -0.315. The summed E-state index contributed by atoms with van der Waals surface area (Å²) in [7, 11) is 0. The first kappa shape index (κ1) is 52.6. The van der Waals surface area contributed by atoms with Gasteiger partial charge in [0.1, 0.15) is 29.7 Å². The smallest absolute Gasteiger partial charge is 0.339 e. The van der Waals surface area contributed by atoms with Gasteiger partial charge in [0, 0.05) is 47.2 Å². The minimum Gasteiger partial charge on any atom is -0.469 e. The second kappa shape index (κ2) is 17.6. The number of rotatable bonds is 8. The fraction of sp³-hybridized carbons (Fsp3) is 0.736. The first-order chi connectivity index (χ1) is 41.3. The number of nitrogens with zero attached hydrogens (tertiary/aromatic N) is 1. The minimum absolute atomic E-state index is 0.0252. The van der Waals surface area contributed by atoms with Crippen LogP contribution in [0.25, 0.3) is 0 Å². The highest BCUT2D eigenvalue weighted by molar-refractivity contribution is 5.94. The average molecular weight is 1160 g/mol. The zero-order chi connectivity index (χ0) is 57.0. The third-order valence-electron chi connectivity index (χ3n) is 29.8. The normalized spacial score (nSPS) is 53.3. The molecule has 7 aliphatic heterocycles. The van der Waals surface area contributed by atoms with Crippen molar-refractivity contribution >= 4 is 17.7 Å². The largest absolute Gasteiger partial charge is 0.469 e. The summed E-state index contributed by atoms with van der Waals surface area (Å²) in [6.07, 6.45) is 23.2. The van der Waals surface area contributed by atoms with E-state index in [0.29, 0.717) is 54.4 Å². The number of allylic oxidation sites excluding steroid dienone is 1. The van der Waals surface area contributed by atoms with E-state index in [2.05, 4.69) is 77.7 Å². The number of hydrogen-bond donors (Lipinski definition) is 4. The summed E-state index contributed by atoms with van der Waals surface area (Å²) in [5.41, 5.74) is -5.78. The second-order valence-electron chi connectivity index (χ2n) is 31.8. The molecule has 0 radical (unpaired) electrons. The Balaban J connectivity index is 0.839. The Kier molecular flexibility index (Phi) is 10.9. The maximum atomic E-state index is 17.8. The number of aliphatic hydroxyl groups is 3. The molecule has 4 N–H and O–H groups in total. The van der Waals surface area contributed by atoms with Gasteiger partial charge in [-0.25, -0.2) is 4.79 Å². The number of benzene rings is 1. The molecule has 2 aromatic rings. The van der Waals surface area contributed by atoms with E-state index in [1.54, 1.807) is 6.26 Å². The van der Waals surface area contributed by atoms with Crippen molar-refractivity contribution in [2.24, 2.45) is 110 Å². The second-order valence-corrected chi connectivity index (χ2v) is 31.8. The predicted molar refractivity (Wildman–Crippen MR) is 309 cm³/mol. The maximum Gasteiger partial charge on any atom is 0.339 e. The Morgan fingerprint density at radius 1 is 0.906 bits per heavy atom. The van der Waals surface area contributed by atoms with E-state index in [-0.39, 0.29) is 84.6 Å². The molecule has 0 amide bonds. The summed E-state index contributed by atoms with van der Waals surface area (Å²) in [5.74, 6) is 6.50. The Hall–Kier alpha value is -4.29. The van der Waals surface area contributed by atoms with E-state index >= 15 is 19.5 Å². The molecule has 6 spiro atoms. The summed E-state index contributed by atoms with van der Waals surface area (Å²) in [6.45, 7) is 3.79. The van der Waals surface area contributed by atoms with Crippen LogP contribution in [0.15, 0.2) is 71.0 Å². The molecule has 9 saturated carbocycles. The molecule has 13 nitrogen and oxygen atoms in total. The van der Waals surface area contributed by atoms with Crippen LogP contribution in [-0.2, 0) is 51.8 Å². The van der Waals surface area contributed by atoms with Crippen molar-refractivity contribution in [1.29, 1.82) is 0 Å². The fourth-order valence-electron chi connectivity index (χ4n) is 27.5. The monoisotopic (exact) mass is 1150 g/mol. The molecule has 9 bridgehead atoms. The molecule has 13 heteroatoms. The predicted octanol–water partition coefficient (Wildman–Crippen LogP) is 8.76. The molecule has 1 aromatic carbocycles. The number of nitrogens with one attached hydrogen (secondary N) is 1. The highest BCUT2D eigenvalue weighted by atomic mass is 16.7. The Labute approximate surface area is 499 Å². The van der Waals surface area contributed by atoms with E-state index in [4.69, 9.17) is 23.4 Å². The number of furan rings is 1. The topological polar surface area (TPSA) is 181 Å². The van der Waals surface area contributed by atoms with Gasteiger partial charge < -0.3 is 43.6 Å². The molecule has 8 heterocycles. The molecule has 27 unspecified atom stereocenters. The van der Waals surface area contributed by atoms with Gasteiger partial charge >= 0.3 is 11.9 Å². The van der Waals surface area contributed by atoms with Crippen molar-refractivity contribution in [1.82, 2.24) is 10.2 Å². The number of aliphatic hydroxyl groups excluding tert-OH is 3. The van der Waals surface area contributed by atoms with Gasteiger partial charge in [0.05, 0.1) is 54.9 Å². The quantitative estimate of drug-likeness (QED) is 0.0854. The molecule has 5 saturated heterocycles. The van der Waals surface area contributed by atoms with Crippen LogP contribution in [0.3, 0.4) is 0 Å². The zero-order valence-corrected chi connectivity index (χ0v) is 49.5. The van der Waals surface area contributed by atoms with E-state index in [0.717, 1.165) is 122 Å². The molecule has 10 aliphatic carbocycles. The van der Waals surface area contributed by atoms with Gasteiger partial charge in [-0.15, -0.1) is 0 Å². The summed E-state index contributed by atoms with van der Waals surface area (Å²) in [6, 6.07) is 13.2. The van der Waals surface area contributed by atoms with Crippen LogP contribution in [0, 0.1) is 122 Å². The Morgan fingerprint density at radius 2 is 1.79 bits per heavy atom. The van der Waals surface area contributed by atoms with Crippen molar-refractivity contribution in [3.05, 3.63) is 83.5 Å². The van der Waals surface area contributed by atoms with Gasteiger partial charge in [0.25, 0.3) is 0 Å². The standard InChI is InChI=1S/C72H86N2O11/c1-65-33-45-34-66-23-8-13-46(66)30-48-31-47-19-17-41-11-5-6-14-51(41)70(47)59-57(77)61(78)69(58(45)67(59)37-82-63(79)60(66)71(48,67)85-70)53-28-40(27-39-9-3-2-4-10-39)15-16-42(53)12-7-24-68(65,84-64(80)62-72(65,69)83-62)52-22-26-81-56(52)32-50(55(76)36-75)43-18-20-49-44(29-43)21-25-74-38-73-35-54(49)74/h2-4,9-10,21-22,25-26,31,40-47,49-51,53-55,58-62,73,75-76,78H,5-6,8,11,13-20,23-24,27-30,32-38H2,1H3. The molecule has 85 heavy (non-hydrogen) atoms. The van der Waals surface area contributed by atoms with Crippen molar-refractivity contribution in [2.75, 3.05) is 26.4 Å². The first-order valence-electron chi connectivity index (χ1n) is 34.1. The van der Waals surface area contributed by atoms with Crippen LogP contribution in [-0.4, -0.2) is 106 Å². The third-order valence-corrected chi connectivity index (χ3v) is 29.8. The van der Waals surface area contributed by atoms with Gasteiger partial charge in [0.15, 0.2) is 17.5 Å². The molecule has 27 atom stereocenters. The van der Waals surface area contributed by atoms with Gasteiger partial charge in [-0.2, -0.15) is 0 Å². The van der Waals surface area contributed by atoms with Crippen LogP contribution < -0.4 is 5.32 Å². The lowest BCUT2D eigenvalue weighted by Gasteiger charge is -2.74. The molecule has 19 rings (SSSR count). The highest BCUT2D eigenvalue weighted by Gasteiger charge is 3.00. The summed E-state index contributed by atoms with van der Waals surface area (Å²) in [5, 5.41) is 41.7. The zero-order valence-electron chi connectivity index (χ0n) is 49.5. The highest BCUT2D eigenvalue weighted by Crippen LogP contribution is 2.91. The number of fused-ring (bicyclic) bond motifs is 5. The molecule has 450 valence electrons. The first-order valence-corrected chi connectivity index (χ1v) is 34.1. The average Bonchev–Trinajstić information content (AvgIpc) is 1.45. The van der Waals surface area contributed by atoms with Gasteiger partial charge in [-0.3, -0.25) is 14.9 Å². The third kappa shape index (κ3) is 5.94. The van der Waals surface area contributed by atoms with Gasteiger partial charge in [0.2, 0.25) is 0 Å². The van der Waals surface area contributed by atoms with Crippen LogP contribution in [0.1, 0.15) is 146 Å². The van der Waals surface area contributed by atoms with E-state index in [1.165, 1.54) is 11.1 Å². The number of carbonyl (C=O) groups is 3. The molecular weight excluding hydrogens is 1070 g/mol. The van der Waals surface area contributed by atoms with Crippen LogP contribution >= 0.6 is 0 Å². The van der Waals surface area contributed by atoms with Crippen LogP contribution in [0.2, 0.25) is 0 Å².